The number of aliphatic hydroxyl groups excluding tert-OH is 3. The smallest absolute Gasteiger partial charge is 0.335 e. The second-order valence-electron chi connectivity index (χ2n) is 10.8. The minimum atomic E-state index is -1.88. The van der Waals surface area contributed by atoms with Gasteiger partial charge in [-0.05, 0) is 36.8 Å². The van der Waals surface area contributed by atoms with E-state index in [9.17, 15) is 44.4 Å². The highest BCUT2D eigenvalue weighted by Crippen LogP contribution is 2.29. The molecule has 14 heteroatoms. The van der Waals surface area contributed by atoms with Gasteiger partial charge in [-0.25, -0.2) is 4.79 Å². The summed E-state index contributed by atoms with van der Waals surface area (Å²) in [6.45, 7) is 5.25. The number of carbonyl (C=O) groups is 5. The summed E-state index contributed by atoms with van der Waals surface area (Å²) in [5, 5.41) is 42.6. The van der Waals surface area contributed by atoms with E-state index in [1.165, 1.54) is 0 Å². The van der Waals surface area contributed by atoms with Crippen molar-refractivity contribution >= 4 is 29.7 Å². The number of esters is 1. The van der Waals surface area contributed by atoms with Crippen LogP contribution in [0.25, 0.3) is 0 Å². The third kappa shape index (κ3) is 8.83. The number of amides is 3. The van der Waals surface area contributed by atoms with Gasteiger partial charge < -0.3 is 40.0 Å². The zero-order chi connectivity index (χ0) is 31.8. The van der Waals surface area contributed by atoms with Crippen LogP contribution in [0.1, 0.15) is 44.7 Å². The van der Waals surface area contributed by atoms with Crippen molar-refractivity contribution < 1.29 is 58.6 Å². The van der Waals surface area contributed by atoms with Gasteiger partial charge >= 0.3 is 11.9 Å². The quantitative estimate of drug-likeness (QED) is 0.105. The van der Waals surface area contributed by atoms with Gasteiger partial charge in [0.2, 0.25) is 12.2 Å². The second-order valence-corrected chi connectivity index (χ2v) is 10.8. The Morgan fingerprint density at radius 3 is 2.30 bits per heavy atom. The molecule has 3 amide bonds. The molecular weight excluding hydrogens is 568 g/mol. The molecule has 0 aliphatic carbocycles. The first kappa shape index (κ1) is 33.6. The Hall–Kier alpha value is -3.85. The third-order valence-electron chi connectivity index (χ3n) is 7.35. The van der Waals surface area contributed by atoms with Crippen molar-refractivity contribution in [1.82, 2.24) is 10.2 Å². The molecule has 0 radical (unpaired) electrons. The van der Waals surface area contributed by atoms with E-state index in [0.29, 0.717) is 31.4 Å². The van der Waals surface area contributed by atoms with Gasteiger partial charge in [0.25, 0.3) is 11.8 Å². The molecule has 1 saturated heterocycles. The highest BCUT2D eigenvalue weighted by molar-refractivity contribution is 6.14. The maximum absolute atomic E-state index is 12.4. The molecule has 6 atom stereocenters. The zero-order valence-corrected chi connectivity index (χ0v) is 24.2. The van der Waals surface area contributed by atoms with Crippen molar-refractivity contribution in [3.63, 3.8) is 0 Å². The van der Waals surface area contributed by atoms with E-state index >= 15 is 0 Å². The lowest BCUT2D eigenvalue weighted by Gasteiger charge is -2.38. The SMILES string of the molecule is CC(C)C(C)C(=O)OCc1ccc(CCCCNC(=O)CN2C(=O)C=CC2=O)cc1O[C@@H]1O[C@H](C(=O)O)[C@@H](O)[C@H](O)[C@H]1O. The van der Waals surface area contributed by atoms with Crippen molar-refractivity contribution in [3.05, 3.63) is 41.5 Å². The first-order chi connectivity index (χ1) is 20.3. The summed E-state index contributed by atoms with van der Waals surface area (Å²) in [5.41, 5.74) is 1.15. The molecule has 5 N–H and O–H groups in total. The highest BCUT2D eigenvalue weighted by atomic mass is 16.7. The molecular formula is C29H38N2O12. The number of aryl methyl sites for hydroxylation is 1. The summed E-state index contributed by atoms with van der Waals surface area (Å²) < 4.78 is 16.5. The minimum Gasteiger partial charge on any atom is -0.479 e. The van der Waals surface area contributed by atoms with Crippen LogP contribution in [-0.2, 0) is 46.5 Å². The average molecular weight is 607 g/mol. The van der Waals surface area contributed by atoms with E-state index in [2.05, 4.69) is 5.32 Å². The Morgan fingerprint density at radius 1 is 1.00 bits per heavy atom. The molecule has 3 rings (SSSR count). The summed E-state index contributed by atoms with van der Waals surface area (Å²) in [6, 6.07) is 5.02. The number of aliphatic carboxylic acids is 1. The summed E-state index contributed by atoms with van der Waals surface area (Å²) >= 11 is 0. The first-order valence-corrected chi connectivity index (χ1v) is 14.0. The second kappa shape index (κ2) is 15.0. The molecule has 0 bridgehead atoms. The number of carboxylic acids is 1. The molecule has 1 aromatic rings. The number of carbonyl (C=O) groups excluding carboxylic acids is 4. The Labute approximate surface area is 248 Å². The van der Waals surface area contributed by atoms with Gasteiger partial charge in [0, 0.05) is 24.3 Å². The normalized spacial score (nSPS) is 24.3. The van der Waals surface area contributed by atoms with Crippen LogP contribution in [0.4, 0.5) is 0 Å². The molecule has 0 saturated carbocycles. The molecule has 2 aliphatic rings. The predicted molar refractivity (Wildman–Crippen MR) is 147 cm³/mol. The predicted octanol–water partition coefficient (Wildman–Crippen LogP) is -0.343. The lowest BCUT2D eigenvalue weighted by Crippen LogP contribution is -2.61. The highest BCUT2D eigenvalue weighted by Gasteiger charge is 2.48. The largest absolute Gasteiger partial charge is 0.479 e. The molecule has 14 nitrogen and oxygen atoms in total. The fraction of sp³-hybridized carbons (Fsp3) is 0.552. The number of unbranched alkanes of at least 4 members (excludes halogenated alkanes) is 1. The van der Waals surface area contributed by atoms with Crippen LogP contribution >= 0.6 is 0 Å². The number of carboxylic acid groups (broad SMARTS) is 1. The van der Waals surface area contributed by atoms with Gasteiger partial charge in [-0.3, -0.25) is 24.1 Å². The molecule has 0 spiro atoms. The van der Waals surface area contributed by atoms with E-state index in [4.69, 9.17) is 14.2 Å². The van der Waals surface area contributed by atoms with Gasteiger partial charge in [0.15, 0.2) is 6.10 Å². The van der Waals surface area contributed by atoms with Crippen molar-refractivity contribution in [2.45, 2.75) is 77.3 Å². The Kier molecular flexibility index (Phi) is 11.8. The van der Waals surface area contributed by atoms with Crippen LogP contribution in [-0.4, -0.2) is 98.8 Å². The van der Waals surface area contributed by atoms with Gasteiger partial charge in [0.05, 0.1) is 5.92 Å². The number of ether oxygens (including phenoxy) is 3. The lowest BCUT2D eigenvalue weighted by molar-refractivity contribution is -0.271. The van der Waals surface area contributed by atoms with Crippen LogP contribution in [0.5, 0.6) is 5.75 Å². The summed E-state index contributed by atoms with van der Waals surface area (Å²) in [4.78, 5) is 60.0. The van der Waals surface area contributed by atoms with Crippen molar-refractivity contribution in [2.24, 2.45) is 11.8 Å². The van der Waals surface area contributed by atoms with Gasteiger partial charge in [-0.15, -0.1) is 0 Å². The molecule has 1 aromatic carbocycles. The van der Waals surface area contributed by atoms with Crippen molar-refractivity contribution in [1.29, 1.82) is 0 Å². The maximum atomic E-state index is 12.4. The Morgan fingerprint density at radius 2 is 1.67 bits per heavy atom. The maximum Gasteiger partial charge on any atom is 0.335 e. The molecule has 43 heavy (non-hydrogen) atoms. The fourth-order valence-electron chi connectivity index (χ4n) is 4.28. The minimum absolute atomic E-state index is 0.0456. The van der Waals surface area contributed by atoms with E-state index in [-0.39, 0.29) is 30.7 Å². The summed E-state index contributed by atoms with van der Waals surface area (Å²) in [7, 11) is 0. The molecule has 236 valence electrons. The number of rotatable bonds is 14. The summed E-state index contributed by atoms with van der Waals surface area (Å²) in [5.74, 6) is -3.74. The monoisotopic (exact) mass is 606 g/mol. The number of nitrogens with zero attached hydrogens (tertiary/aromatic N) is 1. The first-order valence-electron chi connectivity index (χ1n) is 14.0. The number of hydrogen-bond donors (Lipinski definition) is 5. The lowest BCUT2D eigenvalue weighted by atomic mass is 9.98. The summed E-state index contributed by atoms with van der Waals surface area (Å²) in [6.07, 6.45) is -5.15. The van der Waals surface area contributed by atoms with Crippen LogP contribution in [0.3, 0.4) is 0 Å². The van der Waals surface area contributed by atoms with Crippen LogP contribution in [0.2, 0.25) is 0 Å². The van der Waals surface area contributed by atoms with Crippen LogP contribution < -0.4 is 10.1 Å². The van der Waals surface area contributed by atoms with Crippen molar-refractivity contribution in [3.8, 4) is 5.75 Å². The van der Waals surface area contributed by atoms with E-state index in [1.54, 1.807) is 25.1 Å². The number of benzene rings is 1. The Balaban J connectivity index is 1.64. The molecule has 2 heterocycles. The third-order valence-corrected chi connectivity index (χ3v) is 7.35. The Bertz CT molecular complexity index is 1210. The van der Waals surface area contributed by atoms with E-state index in [0.717, 1.165) is 22.6 Å². The van der Waals surface area contributed by atoms with E-state index < -0.39 is 60.4 Å². The molecule has 1 fully saturated rings. The van der Waals surface area contributed by atoms with Gasteiger partial charge in [-0.2, -0.15) is 0 Å². The molecule has 0 aromatic heterocycles. The topological polar surface area (TPSA) is 209 Å². The number of aliphatic hydroxyl groups is 3. The van der Waals surface area contributed by atoms with Crippen LogP contribution in [0, 0.1) is 11.8 Å². The standard InChI is InChI=1S/C29H38N2O12/c1-15(2)16(3)28(40)41-14-18-8-7-17(6-4-5-11-30-20(32)13-31-21(33)9-10-22(31)34)12-19(18)42-29-25(37)23(35)24(36)26(43-29)27(38)39/h7-10,12,15-16,23-26,29,35-37H,4-6,11,13-14H2,1-3H3,(H,30,32)(H,38,39)/t16?,23-,24-,25+,26-,29+/m0/s1. The fourth-order valence-corrected chi connectivity index (χ4v) is 4.28. The number of imide groups is 1. The number of hydrogen-bond acceptors (Lipinski definition) is 11. The zero-order valence-electron chi connectivity index (χ0n) is 24.2. The van der Waals surface area contributed by atoms with Crippen LogP contribution in [0.15, 0.2) is 30.4 Å². The van der Waals surface area contributed by atoms with Gasteiger partial charge in [0.1, 0.15) is 37.2 Å². The number of nitrogens with one attached hydrogen (secondary N) is 1. The molecule has 1 unspecified atom stereocenters. The average Bonchev–Trinajstić information content (AvgIpc) is 3.27. The van der Waals surface area contributed by atoms with Gasteiger partial charge in [-0.1, -0.05) is 32.9 Å². The van der Waals surface area contributed by atoms with E-state index in [1.807, 2.05) is 13.8 Å². The molecule has 2 aliphatic heterocycles. The van der Waals surface area contributed by atoms with Crippen molar-refractivity contribution in [2.75, 3.05) is 13.1 Å².